The SMILES string of the molecule is CCCOC(CCC)OC(=O)CC[S-].CCCOC(CCC)OC(=O)CC[S-].[CH2]CCC.[CH2]CCC.[Sn+2]. The van der Waals surface area contributed by atoms with E-state index in [9.17, 15) is 9.59 Å². The van der Waals surface area contributed by atoms with Gasteiger partial charge in [0.1, 0.15) is 0 Å². The van der Waals surface area contributed by atoms with E-state index in [1.54, 1.807) is 0 Å². The molecule has 0 heterocycles. The first-order valence-corrected chi connectivity index (χ1v) is 14.8. The summed E-state index contributed by atoms with van der Waals surface area (Å²) in [6, 6.07) is 0. The van der Waals surface area contributed by atoms with Gasteiger partial charge >= 0.3 is 35.8 Å². The number of hydrogen-bond acceptors (Lipinski definition) is 8. The normalized spacial score (nSPS) is 11.1. The predicted octanol–water partition coefficient (Wildman–Crippen LogP) is 6.90. The van der Waals surface area contributed by atoms with Gasteiger partial charge < -0.3 is 44.2 Å². The van der Waals surface area contributed by atoms with Gasteiger partial charge in [-0.25, -0.2) is 0 Å². The zero-order valence-electron chi connectivity index (χ0n) is 24.6. The first-order chi connectivity index (χ1) is 17.3. The minimum atomic E-state index is -0.381. The quantitative estimate of drug-likeness (QED) is 0.0675. The van der Waals surface area contributed by atoms with Crippen molar-refractivity contribution in [3.8, 4) is 0 Å². The van der Waals surface area contributed by atoms with E-state index >= 15 is 0 Å². The van der Waals surface area contributed by atoms with Gasteiger partial charge in [0.15, 0.2) is 0 Å². The van der Waals surface area contributed by atoms with Crippen LogP contribution in [0.5, 0.6) is 0 Å². The first kappa shape index (κ1) is 47.2. The topological polar surface area (TPSA) is 71.1 Å². The molecular weight excluding hydrogens is 615 g/mol. The molecule has 220 valence electrons. The first-order valence-electron chi connectivity index (χ1n) is 13.7. The number of esters is 2. The van der Waals surface area contributed by atoms with Crippen LogP contribution in [0.3, 0.4) is 0 Å². The Morgan fingerprint density at radius 2 is 0.919 bits per heavy atom. The molecule has 0 spiro atoms. The fourth-order valence-electron chi connectivity index (χ4n) is 1.90. The Labute approximate surface area is 258 Å². The number of rotatable bonds is 18. The Bertz CT molecular complexity index is 389. The van der Waals surface area contributed by atoms with Gasteiger partial charge in [-0.2, -0.15) is 11.5 Å². The molecule has 0 saturated heterocycles. The van der Waals surface area contributed by atoms with Crippen molar-refractivity contribution in [1.82, 2.24) is 0 Å². The van der Waals surface area contributed by atoms with Gasteiger partial charge in [0.25, 0.3) is 0 Å². The largest absolute Gasteiger partial charge is 2.00 e. The molecule has 2 unspecified atom stereocenters. The minimum absolute atomic E-state index is 0. The molecular formula is C28H56O6S2Sn. The molecule has 0 N–H and O–H groups in total. The van der Waals surface area contributed by atoms with Crippen molar-refractivity contribution in [1.29, 1.82) is 0 Å². The second-order valence-electron chi connectivity index (χ2n) is 7.77. The molecule has 0 aromatic carbocycles. The third-order valence-electron chi connectivity index (χ3n) is 3.91. The fourth-order valence-corrected chi connectivity index (χ4v) is 2.23. The van der Waals surface area contributed by atoms with Crippen LogP contribution in [0.1, 0.15) is 119 Å². The summed E-state index contributed by atoms with van der Waals surface area (Å²) in [5, 5.41) is 0. The molecule has 0 amide bonds. The zero-order chi connectivity index (χ0) is 28.5. The number of hydrogen-bond donors (Lipinski definition) is 0. The van der Waals surface area contributed by atoms with Crippen molar-refractivity contribution in [3.63, 3.8) is 0 Å². The maximum Gasteiger partial charge on any atom is 2.00 e. The molecule has 6 nitrogen and oxygen atoms in total. The molecule has 0 fully saturated rings. The van der Waals surface area contributed by atoms with Crippen LogP contribution in [0, 0.1) is 13.8 Å². The average molecular weight is 672 g/mol. The summed E-state index contributed by atoms with van der Waals surface area (Å²) < 4.78 is 21.0. The third-order valence-corrected chi connectivity index (χ3v) is 4.32. The molecule has 0 saturated carbocycles. The van der Waals surface area contributed by atoms with E-state index < -0.39 is 0 Å². The van der Waals surface area contributed by atoms with E-state index in [0.29, 0.717) is 37.6 Å². The summed E-state index contributed by atoms with van der Waals surface area (Å²) in [6.07, 6.45) is 9.63. The van der Waals surface area contributed by atoms with Gasteiger partial charge in [-0.05, 0) is 12.8 Å². The smallest absolute Gasteiger partial charge is 0.792 e. The Balaban J connectivity index is -0.000000140. The number of carbonyl (C=O) groups is 2. The van der Waals surface area contributed by atoms with Crippen LogP contribution in [0.4, 0.5) is 0 Å². The Hall–Kier alpha value is 0.359. The van der Waals surface area contributed by atoms with Crippen LogP contribution in [0.15, 0.2) is 0 Å². The van der Waals surface area contributed by atoms with Crippen LogP contribution in [-0.2, 0) is 53.8 Å². The van der Waals surface area contributed by atoms with Crippen LogP contribution < -0.4 is 0 Å². The summed E-state index contributed by atoms with van der Waals surface area (Å²) >= 11 is 9.38. The van der Waals surface area contributed by atoms with Crippen molar-refractivity contribution >= 4 is 61.1 Å². The van der Waals surface area contributed by atoms with Crippen molar-refractivity contribution in [3.05, 3.63) is 13.8 Å². The van der Waals surface area contributed by atoms with Gasteiger partial charge in [0.05, 0.1) is 13.2 Å². The second kappa shape index (κ2) is 43.4. The second-order valence-corrected chi connectivity index (χ2v) is 8.59. The van der Waals surface area contributed by atoms with Crippen LogP contribution in [-0.4, -0.2) is 73.1 Å². The van der Waals surface area contributed by atoms with Crippen molar-refractivity contribution in [2.45, 2.75) is 131 Å². The maximum atomic E-state index is 11.1. The van der Waals surface area contributed by atoms with Crippen molar-refractivity contribution < 1.29 is 28.5 Å². The molecule has 0 aliphatic rings. The maximum absolute atomic E-state index is 11.1. The van der Waals surface area contributed by atoms with E-state index in [4.69, 9.17) is 44.2 Å². The van der Waals surface area contributed by atoms with E-state index in [1.165, 1.54) is 12.8 Å². The molecule has 0 bridgehead atoms. The zero-order valence-corrected chi connectivity index (χ0v) is 29.1. The summed E-state index contributed by atoms with van der Waals surface area (Å²) in [6.45, 7) is 20.8. The van der Waals surface area contributed by atoms with E-state index in [1.807, 2.05) is 27.7 Å². The Morgan fingerprint density at radius 1 is 0.622 bits per heavy atom. The van der Waals surface area contributed by atoms with Crippen molar-refractivity contribution in [2.75, 3.05) is 24.7 Å². The van der Waals surface area contributed by atoms with Gasteiger partial charge in [0.2, 0.25) is 12.6 Å². The van der Waals surface area contributed by atoms with E-state index in [2.05, 4.69) is 27.7 Å². The molecule has 9 heteroatoms. The summed E-state index contributed by atoms with van der Waals surface area (Å²) in [5.74, 6) is 0.306. The average Bonchev–Trinajstić information content (AvgIpc) is 2.87. The summed E-state index contributed by atoms with van der Waals surface area (Å²) in [7, 11) is 0. The Kier molecular flexibility index (Phi) is 55.3. The molecule has 0 aromatic heterocycles. The van der Waals surface area contributed by atoms with Crippen LogP contribution in [0.25, 0.3) is 0 Å². The van der Waals surface area contributed by atoms with E-state index in [-0.39, 0.29) is 48.4 Å². The molecule has 0 aromatic rings. The fraction of sp³-hybridized carbons (Fsp3) is 0.857. The third kappa shape index (κ3) is 46.6. The van der Waals surface area contributed by atoms with E-state index in [0.717, 1.165) is 51.4 Å². The Morgan fingerprint density at radius 3 is 1.11 bits per heavy atom. The number of carbonyl (C=O) groups excluding carboxylic acids is 2. The summed E-state index contributed by atoms with van der Waals surface area (Å²) in [4.78, 5) is 22.2. The predicted molar refractivity (Wildman–Crippen MR) is 162 cm³/mol. The molecule has 0 aliphatic heterocycles. The van der Waals surface area contributed by atoms with Gasteiger partial charge in [-0.3, -0.25) is 9.59 Å². The molecule has 0 rings (SSSR count). The molecule has 2 atom stereocenters. The molecule has 37 heavy (non-hydrogen) atoms. The molecule has 4 radical (unpaired) electrons. The van der Waals surface area contributed by atoms with Gasteiger partial charge in [-0.15, -0.1) is 0 Å². The summed E-state index contributed by atoms with van der Waals surface area (Å²) in [5.41, 5.74) is 0. The van der Waals surface area contributed by atoms with Gasteiger partial charge in [-0.1, -0.05) is 93.9 Å². The van der Waals surface area contributed by atoms with Crippen LogP contribution in [0.2, 0.25) is 0 Å². The standard InChI is InChI=1S/2C10H20O3S.2C4H9.Sn/c2*1-3-5-10(12-7-4-2)13-9(11)6-8-14;2*1-3-4-2;/h2*10,14H,3-8H2,1-2H3;2*1,3-4H2,2H3;/q;;;;+2/p-2. The van der Waals surface area contributed by atoms with Crippen LogP contribution >= 0.6 is 0 Å². The number of unbranched alkanes of at least 4 members (excludes halogenated alkanes) is 2. The number of ether oxygens (including phenoxy) is 4. The van der Waals surface area contributed by atoms with Crippen molar-refractivity contribution in [2.24, 2.45) is 0 Å². The monoisotopic (exact) mass is 672 g/mol. The molecule has 0 aliphatic carbocycles. The minimum Gasteiger partial charge on any atom is -0.792 e. The van der Waals surface area contributed by atoms with Gasteiger partial charge in [0, 0.05) is 25.7 Å².